The van der Waals surface area contributed by atoms with Gasteiger partial charge in [-0.3, -0.25) is 0 Å². The molecule has 0 radical (unpaired) electrons. The number of carbonyl (C=O) groups excluding carboxylic acids is 1. The number of aliphatic hydroxyl groups excluding tert-OH is 1. The molecule has 0 spiro atoms. The van der Waals surface area contributed by atoms with Crippen molar-refractivity contribution in [1.82, 2.24) is 15.0 Å². The van der Waals surface area contributed by atoms with E-state index in [9.17, 15) is 18.0 Å². The van der Waals surface area contributed by atoms with Crippen LogP contribution >= 0.6 is 0 Å². The van der Waals surface area contributed by atoms with Gasteiger partial charge in [-0.1, -0.05) is 26.0 Å². The summed E-state index contributed by atoms with van der Waals surface area (Å²) in [4.78, 5) is 11.8. The first kappa shape index (κ1) is 17.4. The van der Waals surface area contributed by atoms with Gasteiger partial charge in [-0.2, -0.15) is 13.2 Å². The second-order valence-corrected chi connectivity index (χ2v) is 5.50. The average Bonchev–Trinajstić information content (AvgIpc) is 2.71. The Morgan fingerprint density at radius 2 is 1.95 bits per heavy atom. The van der Waals surface area contributed by atoms with E-state index in [0.29, 0.717) is 0 Å². The zero-order valence-corrected chi connectivity index (χ0v) is 12.2. The van der Waals surface area contributed by atoms with Crippen molar-refractivity contribution in [1.29, 1.82) is 0 Å². The molecule has 21 heavy (non-hydrogen) atoms. The minimum Gasteiger partial charge on any atom is -0.461 e. The van der Waals surface area contributed by atoms with Crippen LogP contribution < -0.4 is 0 Å². The highest BCUT2D eigenvalue weighted by Gasteiger charge is 2.40. The number of alkyl halides is 3. The zero-order valence-electron chi connectivity index (χ0n) is 12.2. The Labute approximate surface area is 119 Å². The van der Waals surface area contributed by atoms with Crippen LogP contribution in [0.1, 0.15) is 43.9 Å². The quantitative estimate of drug-likeness (QED) is 0.856. The number of ether oxygens (including phenoxy) is 1. The van der Waals surface area contributed by atoms with Crippen LogP contribution in [-0.2, 0) is 16.7 Å². The van der Waals surface area contributed by atoms with Crippen molar-refractivity contribution in [2.24, 2.45) is 0 Å². The number of esters is 1. The molecule has 1 atom stereocenters. The molecule has 1 unspecified atom stereocenters. The van der Waals surface area contributed by atoms with Gasteiger partial charge in [0, 0.05) is 5.41 Å². The second-order valence-electron chi connectivity index (χ2n) is 5.50. The Kier molecular flexibility index (Phi) is 4.98. The predicted octanol–water partition coefficient (Wildman–Crippen LogP) is 1.68. The number of aromatic nitrogens is 3. The summed E-state index contributed by atoms with van der Waals surface area (Å²) in [5.74, 6) is -0.754. The maximum atomic E-state index is 12.4. The highest BCUT2D eigenvalue weighted by molar-refractivity contribution is 5.88. The van der Waals surface area contributed by atoms with Crippen molar-refractivity contribution in [2.75, 3.05) is 6.61 Å². The average molecular weight is 309 g/mol. The summed E-state index contributed by atoms with van der Waals surface area (Å²) in [6.45, 7) is 5.98. The molecule has 1 aromatic heterocycles. The summed E-state index contributed by atoms with van der Waals surface area (Å²) in [7, 11) is 0. The lowest BCUT2D eigenvalue weighted by Gasteiger charge is -2.22. The molecule has 6 nitrogen and oxygen atoms in total. The molecular formula is C12H18F3N3O3. The van der Waals surface area contributed by atoms with Crippen LogP contribution in [0.5, 0.6) is 0 Å². The van der Waals surface area contributed by atoms with Crippen LogP contribution in [0, 0.1) is 0 Å². The molecule has 1 rings (SSSR count). The topological polar surface area (TPSA) is 77.2 Å². The van der Waals surface area contributed by atoms with Gasteiger partial charge in [0.25, 0.3) is 0 Å². The van der Waals surface area contributed by atoms with Gasteiger partial charge in [-0.15, -0.1) is 5.10 Å². The van der Waals surface area contributed by atoms with Crippen molar-refractivity contribution in [3.05, 3.63) is 11.4 Å². The highest BCUT2D eigenvalue weighted by Crippen LogP contribution is 2.27. The first-order valence-electron chi connectivity index (χ1n) is 6.34. The number of nitrogens with zero attached hydrogens (tertiary/aromatic N) is 3. The van der Waals surface area contributed by atoms with E-state index >= 15 is 0 Å². The third-order valence-electron chi connectivity index (χ3n) is 2.64. The molecule has 0 aliphatic rings. The van der Waals surface area contributed by atoms with Crippen LogP contribution in [0.3, 0.4) is 0 Å². The molecule has 0 saturated carbocycles. The normalized spacial score (nSPS) is 14.1. The summed E-state index contributed by atoms with van der Waals surface area (Å²) >= 11 is 0. The van der Waals surface area contributed by atoms with Crippen LogP contribution in [0.4, 0.5) is 13.2 Å². The van der Waals surface area contributed by atoms with Crippen molar-refractivity contribution >= 4 is 5.97 Å². The maximum absolute atomic E-state index is 12.4. The molecular weight excluding hydrogens is 291 g/mol. The minimum atomic E-state index is -4.77. The Bertz CT molecular complexity index is 506. The van der Waals surface area contributed by atoms with Crippen molar-refractivity contribution in [3.8, 4) is 0 Å². The fourth-order valence-electron chi connectivity index (χ4n) is 1.79. The lowest BCUT2D eigenvalue weighted by atomic mass is 9.90. The Morgan fingerprint density at radius 1 is 1.38 bits per heavy atom. The van der Waals surface area contributed by atoms with Crippen LogP contribution in [-0.4, -0.2) is 45.0 Å². The molecule has 1 aromatic rings. The van der Waals surface area contributed by atoms with Gasteiger partial charge in [0.05, 0.1) is 18.8 Å². The van der Waals surface area contributed by atoms with Gasteiger partial charge in [0.15, 0.2) is 11.8 Å². The smallest absolute Gasteiger partial charge is 0.416 e. The van der Waals surface area contributed by atoms with Crippen LogP contribution in [0.2, 0.25) is 0 Å². The number of halogens is 3. The first-order chi connectivity index (χ1) is 9.48. The van der Waals surface area contributed by atoms with Crippen molar-refractivity contribution in [2.45, 2.75) is 51.9 Å². The SMILES string of the molecule is CCOC(=O)c1nnn(CC(O)C(F)(F)F)c1C(C)(C)C. The molecule has 120 valence electrons. The van der Waals surface area contributed by atoms with Gasteiger partial charge in [0.2, 0.25) is 0 Å². The Balaban J connectivity index is 3.20. The molecule has 0 aliphatic heterocycles. The molecule has 1 heterocycles. The highest BCUT2D eigenvalue weighted by atomic mass is 19.4. The minimum absolute atomic E-state index is 0.112. The van der Waals surface area contributed by atoms with Gasteiger partial charge < -0.3 is 9.84 Å². The van der Waals surface area contributed by atoms with E-state index in [4.69, 9.17) is 9.84 Å². The van der Waals surface area contributed by atoms with E-state index in [1.807, 2.05) is 0 Å². The summed E-state index contributed by atoms with van der Waals surface area (Å²) < 4.78 is 43.0. The number of rotatable bonds is 4. The third kappa shape index (κ3) is 4.16. The van der Waals surface area contributed by atoms with Gasteiger partial charge in [-0.25, -0.2) is 9.48 Å². The van der Waals surface area contributed by atoms with Crippen LogP contribution in [0.25, 0.3) is 0 Å². The summed E-state index contributed by atoms with van der Waals surface area (Å²) in [6.07, 6.45) is -7.36. The van der Waals surface area contributed by atoms with Gasteiger partial charge in [0.1, 0.15) is 0 Å². The maximum Gasteiger partial charge on any atom is 0.416 e. The van der Waals surface area contributed by atoms with E-state index in [-0.39, 0.29) is 18.0 Å². The van der Waals surface area contributed by atoms with Gasteiger partial charge >= 0.3 is 12.1 Å². The number of aliphatic hydroxyl groups is 1. The lowest BCUT2D eigenvalue weighted by molar-refractivity contribution is -0.208. The predicted molar refractivity (Wildman–Crippen MR) is 66.7 cm³/mol. The molecule has 9 heteroatoms. The standard InChI is InChI=1S/C12H18F3N3O3/c1-5-21-10(20)8-9(11(2,3)4)18(17-16-8)6-7(19)12(13,14)15/h7,19H,5-6H2,1-4H3. The lowest BCUT2D eigenvalue weighted by Crippen LogP contribution is -2.35. The Hall–Kier alpha value is -1.64. The molecule has 0 aromatic carbocycles. The number of carbonyl (C=O) groups is 1. The summed E-state index contributed by atoms with van der Waals surface area (Å²) in [6, 6.07) is 0. The molecule has 1 N–H and O–H groups in total. The van der Waals surface area contributed by atoms with Gasteiger partial charge in [-0.05, 0) is 6.92 Å². The van der Waals surface area contributed by atoms with E-state index in [1.165, 1.54) is 0 Å². The van der Waals surface area contributed by atoms with Crippen molar-refractivity contribution in [3.63, 3.8) is 0 Å². The van der Waals surface area contributed by atoms with Crippen LogP contribution in [0.15, 0.2) is 0 Å². The zero-order chi connectivity index (χ0) is 16.4. The number of hydrogen-bond donors (Lipinski definition) is 1. The molecule has 0 fully saturated rings. The summed E-state index contributed by atoms with van der Waals surface area (Å²) in [5, 5.41) is 16.3. The van der Waals surface area contributed by atoms with Crippen molar-refractivity contribution < 1.29 is 27.8 Å². The Morgan fingerprint density at radius 3 is 2.38 bits per heavy atom. The molecule has 0 amide bonds. The van der Waals surface area contributed by atoms with E-state index in [2.05, 4.69) is 10.3 Å². The number of hydrogen-bond acceptors (Lipinski definition) is 5. The molecule has 0 bridgehead atoms. The van der Waals surface area contributed by atoms with E-state index in [1.54, 1.807) is 27.7 Å². The first-order valence-corrected chi connectivity index (χ1v) is 6.34. The van der Waals surface area contributed by atoms with E-state index < -0.39 is 30.2 Å². The molecule has 0 aliphatic carbocycles. The fraction of sp³-hybridized carbons (Fsp3) is 0.750. The monoisotopic (exact) mass is 309 g/mol. The third-order valence-corrected chi connectivity index (χ3v) is 2.64. The summed E-state index contributed by atoms with van der Waals surface area (Å²) in [5.41, 5.74) is -0.653. The molecule has 0 saturated heterocycles. The second kappa shape index (κ2) is 6.00. The van der Waals surface area contributed by atoms with E-state index in [0.717, 1.165) is 4.68 Å². The largest absolute Gasteiger partial charge is 0.461 e. The fourth-order valence-corrected chi connectivity index (χ4v) is 1.79.